The average molecular weight is 1010 g/mol. The van der Waals surface area contributed by atoms with Crippen molar-refractivity contribution in [1.29, 1.82) is 0 Å². The van der Waals surface area contributed by atoms with E-state index in [1.54, 1.807) is 0 Å². The topological polar surface area (TPSA) is 78.9 Å². The summed E-state index contributed by atoms with van der Waals surface area (Å²) in [7, 11) is 0. The number of rotatable bonds is 59. The van der Waals surface area contributed by atoms with Gasteiger partial charge in [-0.3, -0.25) is 14.4 Å². The zero-order valence-corrected chi connectivity index (χ0v) is 48.5. The first-order valence-corrected chi connectivity index (χ1v) is 32.0. The van der Waals surface area contributed by atoms with Crippen LogP contribution in [0.3, 0.4) is 0 Å². The van der Waals surface area contributed by atoms with Crippen molar-refractivity contribution in [3.8, 4) is 0 Å². The highest BCUT2D eigenvalue weighted by Crippen LogP contribution is 2.18. The molecule has 0 aromatic rings. The van der Waals surface area contributed by atoms with E-state index in [4.69, 9.17) is 14.2 Å². The maximum Gasteiger partial charge on any atom is 0.306 e. The molecule has 0 heterocycles. The Bertz CT molecular complexity index is 1210. The van der Waals surface area contributed by atoms with Crippen molar-refractivity contribution in [1.82, 2.24) is 0 Å². The molecule has 0 saturated heterocycles. The predicted octanol–water partition coefficient (Wildman–Crippen LogP) is 21.6. The maximum atomic E-state index is 12.8. The summed E-state index contributed by atoms with van der Waals surface area (Å²) in [6, 6.07) is 0. The van der Waals surface area contributed by atoms with Crippen LogP contribution in [0, 0.1) is 0 Å². The Morgan fingerprint density at radius 3 is 0.819 bits per heavy atom. The molecule has 0 saturated carbocycles. The average Bonchev–Trinajstić information content (AvgIpc) is 3.38. The van der Waals surface area contributed by atoms with E-state index in [1.165, 1.54) is 218 Å². The molecule has 1 unspecified atom stereocenters. The minimum atomic E-state index is -0.780. The van der Waals surface area contributed by atoms with Crippen molar-refractivity contribution in [2.75, 3.05) is 13.2 Å². The molecule has 6 heteroatoms. The van der Waals surface area contributed by atoms with E-state index in [0.717, 1.165) is 89.9 Å². The van der Waals surface area contributed by atoms with Gasteiger partial charge in [-0.15, -0.1) is 0 Å². The van der Waals surface area contributed by atoms with Crippen molar-refractivity contribution < 1.29 is 28.6 Å². The van der Waals surface area contributed by atoms with Crippen LogP contribution in [0.1, 0.15) is 348 Å². The molecule has 0 aliphatic heterocycles. The summed E-state index contributed by atoms with van der Waals surface area (Å²) in [6.45, 7) is 6.59. The Labute approximate surface area is 448 Å². The highest BCUT2D eigenvalue weighted by molar-refractivity contribution is 5.71. The van der Waals surface area contributed by atoms with Crippen molar-refractivity contribution in [3.05, 3.63) is 36.5 Å². The molecule has 0 aromatic carbocycles. The first-order chi connectivity index (χ1) is 35.5. The summed E-state index contributed by atoms with van der Waals surface area (Å²) < 4.78 is 16.9. The van der Waals surface area contributed by atoms with Crippen molar-refractivity contribution in [2.45, 2.75) is 354 Å². The van der Waals surface area contributed by atoms with Crippen LogP contribution in [0.2, 0.25) is 0 Å². The Kier molecular flexibility index (Phi) is 59.2. The van der Waals surface area contributed by atoms with Gasteiger partial charge in [0.15, 0.2) is 6.10 Å². The molecule has 0 spiro atoms. The number of hydrogen-bond donors (Lipinski definition) is 0. The fourth-order valence-corrected chi connectivity index (χ4v) is 9.50. The van der Waals surface area contributed by atoms with Crippen LogP contribution in [-0.4, -0.2) is 37.2 Å². The van der Waals surface area contributed by atoms with Gasteiger partial charge in [0, 0.05) is 19.3 Å². The number of allylic oxidation sites excluding steroid dienone is 6. The van der Waals surface area contributed by atoms with Gasteiger partial charge < -0.3 is 14.2 Å². The van der Waals surface area contributed by atoms with Gasteiger partial charge in [-0.1, -0.05) is 301 Å². The lowest BCUT2D eigenvalue weighted by molar-refractivity contribution is -0.167. The number of ether oxygens (including phenoxy) is 3. The normalized spacial score (nSPS) is 12.2. The van der Waals surface area contributed by atoms with E-state index in [1.807, 2.05) is 0 Å². The van der Waals surface area contributed by atoms with Gasteiger partial charge in [0.25, 0.3) is 0 Å². The number of unbranched alkanes of at least 4 members (excludes halogenated alkanes) is 42. The lowest BCUT2D eigenvalue weighted by Crippen LogP contribution is -2.30. The minimum Gasteiger partial charge on any atom is -0.462 e. The number of esters is 3. The summed E-state index contributed by atoms with van der Waals surface area (Å²) in [4.78, 5) is 38.1. The highest BCUT2D eigenvalue weighted by Gasteiger charge is 2.19. The monoisotopic (exact) mass is 1010 g/mol. The lowest BCUT2D eigenvalue weighted by atomic mass is 10.0. The van der Waals surface area contributed by atoms with Gasteiger partial charge in [-0.2, -0.15) is 0 Å². The van der Waals surface area contributed by atoms with E-state index in [0.29, 0.717) is 19.3 Å². The van der Waals surface area contributed by atoms with E-state index >= 15 is 0 Å². The number of carbonyl (C=O) groups is 3. The fourth-order valence-electron chi connectivity index (χ4n) is 9.50. The third-order valence-corrected chi connectivity index (χ3v) is 14.4. The molecule has 0 N–H and O–H groups in total. The highest BCUT2D eigenvalue weighted by atomic mass is 16.6. The summed E-state index contributed by atoms with van der Waals surface area (Å²) in [6.07, 6.45) is 74.6. The SMILES string of the molecule is CCCC/C=C\C/C=C\CCCCCCCC(=O)OC(COC(=O)CCCCCCC/C=C\CCCC)COC(=O)CCCCCCCCCCCCCCCCCCCCCCCCCCCCCCC. The number of hydrogen-bond acceptors (Lipinski definition) is 6. The molecule has 422 valence electrons. The second-order valence-corrected chi connectivity index (χ2v) is 21.7. The fraction of sp³-hybridized carbons (Fsp3) is 0.864. The molecule has 0 bridgehead atoms. The van der Waals surface area contributed by atoms with Crippen molar-refractivity contribution >= 4 is 17.9 Å². The maximum absolute atomic E-state index is 12.8. The van der Waals surface area contributed by atoms with Crippen LogP contribution in [0.5, 0.6) is 0 Å². The first-order valence-electron chi connectivity index (χ1n) is 32.0. The summed E-state index contributed by atoms with van der Waals surface area (Å²) in [5, 5.41) is 0. The third kappa shape index (κ3) is 58.5. The molecule has 0 fully saturated rings. The molecule has 0 amide bonds. The summed E-state index contributed by atoms with van der Waals surface area (Å²) in [5.74, 6) is -0.884. The molecule has 0 rings (SSSR count). The Hall–Kier alpha value is -2.37. The number of carbonyl (C=O) groups excluding carboxylic acids is 3. The van der Waals surface area contributed by atoms with Gasteiger partial charge in [0.2, 0.25) is 0 Å². The van der Waals surface area contributed by atoms with Crippen molar-refractivity contribution in [2.24, 2.45) is 0 Å². The van der Waals surface area contributed by atoms with E-state index in [-0.39, 0.29) is 31.1 Å². The largest absolute Gasteiger partial charge is 0.462 e. The summed E-state index contributed by atoms with van der Waals surface area (Å²) in [5.41, 5.74) is 0. The van der Waals surface area contributed by atoms with Crippen molar-refractivity contribution in [3.63, 3.8) is 0 Å². The van der Waals surface area contributed by atoms with Crippen LogP contribution in [0.25, 0.3) is 0 Å². The Balaban J connectivity index is 4.10. The van der Waals surface area contributed by atoms with Gasteiger partial charge in [-0.25, -0.2) is 0 Å². The van der Waals surface area contributed by atoms with Gasteiger partial charge in [0.05, 0.1) is 0 Å². The quantitative estimate of drug-likeness (QED) is 0.0261. The Morgan fingerprint density at radius 2 is 0.514 bits per heavy atom. The van der Waals surface area contributed by atoms with Crippen LogP contribution in [0.15, 0.2) is 36.5 Å². The van der Waals surface area contributed by atoms with Gasteiger partial charge >= 0.3 is 17.9 Å². The van der Waals surface area contributed by atoms with E-state index < -0.39 is 6.10 Å². The van der Waals surface area contributed by atoms with Crippen LogP contribution < -0.4 is 0 Å². The lowest BCUT2D eigenvalue weighted by Gasteiger charge is -2.18. The molecule has 0 aliphatic carbocycles. The second-order valence-electron chi connectivity index (χ2n) is 21.7. The summed E-state index contributed by atoms with van der Waals surface area (Å²) >= 11 is 0. The first kappa shape index (κ1) is 69.6. The minimum absolute atomic E-state index is 0.0770. The molecule has 0 radical (unpaired) electrons. The van der Waals surface area contributed by atoms with Gasteiger partial charge in [-0.05, 0) is 64.2 Å². The predicted molar refractivity (Wildman–Crippen MR) is 312 cm³/mol. The molecule has 0 aliphatic rings. The van der Waals surface area contributed by atoms with Crippen LogP contribution in [-0.2, 0) is 28.6 Å². The molecular weight excluding hydrogens is 889 g/mol. The molecule has 72 heavy (non-hydrogen) atoms. The zero-order chi connectivity index (χ0) is 52.2. The zero-order valence-electron chi connectivity index (χ0n) is 48.5. The third-order valence-electron chi connectivity index (χ3n) is 14.4. The molecular formula is C66H122O6. The second kappa shape index (κ2) is 61.2. The standard InChI is InChI=1S/C66H122O6/c1-4-7-10-13-16-19-22-24-26-27-28-29-30-31-32-33-34-35-36-37-38-39-40-42-44-47-50-53-56-59-65(68)71-62-63(61-70-64(67)58-55-52-49-46-43-21-18-15-12-9-6-3)72-66(69)60-57-54-51-48-45-41-25-23-20-17-14-11-8-5-2/h14-15,17-18,23,25,63H,4-13,16,19-22,24,26-62H2,1-3H3/b17-14-,18-15-,25-23-. The molecule has 6 nitrogen and oxygen atoms in total. The van der Waals surface area contributed by atoms with Crippen LogP contribution >= 0.6 is 0 Å². The van der Waals surface area contributed by atoms with E-state index in [2.05, 4.69) is 57.2 Å². The molecule has 1 atom stereocenters. The Morgan fingerprint density at radius 1 is 0.278 bits per heavy atom. The smallest absolute Gasteiger partial charge is 0.306 e. The molecule has 0 aromatic heterocycles. The van der Waals surface area contributed by atoms with Crippen LogP contribution in [0.4, 0.5) is 0 Å². The van der Waals surface area contributed by atoms with Gasteiger partial charge in [0.1, 0.15) is 13.2 Å². The van der Waals surface area contributed by atoms with E-state index in [9.17, 15) is 14.4 Å².